The highest BCUT2D eigenvalue weighted by Gasteiger charge is 2.18. The van der Waals surface area contributed by atoms with E-state index >= 15 is 0 Å². The fraction of sp³-hybridized carbons (Fsp3) is 0. The molecule has 3 nitrogen and oxygen atoms in total. The summed E-state index contributed by atoms with van der Waals surface area (Å²) < 4.78 is 1.61. The number of nitrogens with one attached hydrogen (secondary N) is 1. The number of aromatic nitrogens is 2. The molecule has 2 aromatic carbocycles. The van der Waals surface area contributed by atoms with E-state index in [0.29, 0.717) is 5.56 Å². The average Bonchev–Trinajstić information content (AvgIpc) is 3.24. The minimum absolute atomic E-state index is 0.0338. The van der Waals surface area contributed by atoms with Crippen LogP contribution >= 0.6 is 11.3 Å². The Morgan fingerprint density at radius 1 is 0.826 bits per heavy atom. The first-order valence-electron chi connectivity index (χ1n) is 7.33. The molecule has 4 heteroatoms. The van der Waals surface area contributed by atoms with Crippen molar-refractivity contribution < 1.29 is 0 Å². The van der Waals surface area contributed by atoms with Crippen LogP contribution in [0.25, 0.3) is 28.1 Å². The first-order valence-corrected chi connectivity index (χ1v) is 8.27. The summed E-state index contributed by atoms with van der Waals surface area (Å²) in [5.74, 6) is 0. The number of aromatic amines is 1. The maximum Gasteiger partial charge on any atom is 0.279 e. The molecule has 0 bridgehead atoms. The van der Waals surface area contributed by atoms with Gasteiger partial charge in [-0.05, 0) is 29.0 Å². The Hall–Kier alpha value is -2.85. The van der Waals surface area contributed by atoms with Crippen molar-refractivity contribution in [2.75, 3.05) is 0 Å². The first-order chi connectivity index (χ1) is 11.3. The number of thiophene rings is 1. The van der Waals surface area contributed by atoms with Gasteiger partial charge in [-0.2, -0.15) is 11.3 Å². The SMILES string of the molecule is O=c1c(-c2ccsc2)c(-c2ccccc2)[nH]n1-c1ccccc1. The van der Waals surface area contributed by atoms with Gasteiger partial charge in [0, 0.05) is 11.1 Å². The molecule has 4 rings (SSSR count). The van der Waals surface area contributed by atoms with E-state index in [-0.39, 0.29) is 5.56 Å². The highest BCUT2D eigenvalue weighted by Crippen LogP contribution is 2.29. The lowest BCUT2D eigenvalue weighted by Crippen LogP contribution is -2.15. The second-order valence-corrected chi connectivity index (χ2v) is 6.00. The van der Waals surface area contributed by atoms with E-state index < -0.39 is 0 Å². The molecule has 0 unspecified atom stereocenters. The van der Waals surface area contributed by atoms with Crippen molar-refractivity contribution >= 4 is 11.3 Å². The van der Waals surface area contributed by atoms with E-state index in [4.69, 9.17) is 0 Å². The zero-order valence-corrected chi connectivity index (χ0v) is 13.1. The number of hydrogen-bond donors (Lipinski definition) is 1. The maximum absolute atomic E-state index is 13.0. The monoisotopic (exact) mass is 318 g/mol. The lowest BCUT2D eigenvalue weighted by Gasteiger charge is -2.02. The molecule has 0 atom stereocenters. The summed E-state index contributed by atoms with van der Waals surface area (Å²) in [5.41, 5.74) is 4.30. The average molecular weight is 318 g/mol. The van der Waals surface area contributed by atoms with Crippen molar-refractivity contribution in [3.63, 3.8) is 0 Å². The molecule has 23 heavy (non-hydrogen) atoms. The van der Waals surface area contributed by atoms with E-state index in [0.717, 1.165) is 22.5 Å². The van der Waals surface area contributed by atoms with Gasteiger partial charge in [-0.25, -0.2) is 4.68 Å². The molecule has 0 aliphatic carbocycles. The molecule has 0 amide bonds. The molecule has 0 spiro atoms. The van der Waals surface area contributed by atoms with Crippen LogP contribution in [0.2, 0.25) is 0 Å². The van der Waals surface area contributed by atoms with Crippen molar-refractivity contribution in [1.29, 1.82) is 0 Å². The minimum atomic E-state index is -0.0338. The van der Waals surface area contributed by atoms with Gasteiger partial charge < -0.3 is 0 Å². The molecular weight excluding hydrogens is 304 g/mol. The second-order valence-electron chi connectivity index (χ2n) is 5.22. The predicted molar refractivity (Wildman–Crippen MR) is 95.1 cm³/mol. The van der Waals surface area contributed by atoms with Gasteiger partial charge in [-0.1, -0.05) is 48.5 Å². The zero-order chi connectivity index (χ0) is 15.6. The van der Waals surface area contributed by atoms with Crippen molar-refractivity contribution in [3.05, 3.63) is 87.8 Å². The van der Waals surface area contributed by atoms with Crippen LogP contribution in [0.3, 0.4) is 0 Å². The summed E-state index contributed by atoms with van der Waals surface area (Å²) in [7, 11) is 0. The van der Waals surface area contributed by atoms with Crippen molar-refractivity contribution in [2.24, 2.45) is 0 Å². The summed E-state index contributed by atoms with van der Waals surface area (Å²) in [6.45, 7) is 0. The van der Waals surface area contributed by atoms with Crippen molar-refractivity contribution in [1.82, 2.24) is 9.78 Å². The molecule has 0 saturated carbocycles. The van der Waals surface area contributed by atoms with E-state index in [9.17, 15) is 4.79 Å². The number of para-hydroxylation sites is 1. The molecule has 112 valence electrons. The molecule has 2 aromatic heterocycles. The van der Waals surface area contributed by atoms with E-state index in [2.05, 4.69) is 5.10 Å². The molecule has 0 aliphatic heterocycles. The normalized spacial score (nSPS) is 10.8. The third-order valence-electron chi connectivity index (χ3n) is 3.78. The standard InChI is InChI=1S/C19H14N2OS/c22-19-17(15-11-12-23-13-15)18(14-7-3-1-4-8-14)20-21(19)16-9-5-2-6-10-16/h1-13,20H. The lowest BCUT2D eigenvalue weighted by atomic mass is 10.0. The highest BCUT2D eigenvalue weighted by atomic mass is 32.1. The highest BCUT2D eigenvalue weighted by molar-refractivity contribution is 7.08. The summed E-state index contributed by atoms with van der Waals surface area (Å²) >= 11 is 1.59. The smallest absolute Gasteiger partial charge is 0.279 e. The van der Waals surface area contributed by atoms with Crippen LogP contribution in [0.4, 0.5) is 0 Å². The van der Waals surface area contributed by atoms with E-state index in [1.165, 1.54) is 0 Å². The molecule has 0 saturated heterocycles. The van der Waals surface area contributed by atoms with Crippen LogP contribution < -0.4 is 5.56 Å². The van der Waals surface area contributed by atoms with Crippen LogP contribution in [0.5, 0.6) is 0 Å². The third-order valence-corrected chi connectivity index (χ3v) is 4.46. The van der Waals surface area contributed by atoms with Crippen LogP contribution in [0, 0.1) is 0 Å². The molecule has 0 fully saturated rings. The van der Waals surface area contributed by atoms with Crippen LogP contribution in [-0.2, 0) is 0 Å². The van der Waals surface area contributed by atoms with Gasteiger partial charge in [-0.15, -0.1) is 0 Å². The van der Waals surface area contributed by atoms with Gasteiger partial charge in [0.25, 0.3) is 5.56 Å². The fourth-order valence-corrected chi connectivity index (χ4v) is 3.33. The minimum Gasteiger partial charge on any atom is -0.290 e. The Bertz CT molecular complexity index is 967. The summed E-state index contributed by atoms with van der Waals surface area (Å²) in [4.78, 5) is 13.0. The number of benzene rings is 2. The largest absolute Gasteiger partial charge is 0.290 e. The second kappa shape index (κ2) is 5.74. The molecular formula is C19H14N2OS. The number of nitrogens with zero attached hydrogens (tertiary/aromatic N) is 1. The van der Waals surface area contributed by atoms with E-state index in [1.54, 1.807) is 16.0 Å². The molecule has 4 aromatic rings. The Morgan fingerprint density at radius 2 is 1.52 bits per heavy atom. The lowest BCUT2D eigenvalue weighted by molar-refractivity contribution is 0.853. The summed E-state index contributed by atoms with van der Waals surface area (Å²) in [6, 6.07) is 21.6. The van der Waals surface area contributed by atoms with E-state index in [1.807, 2.05) is 77.5 Å². The zero-order valence-electron chi connectivity index (χ0n) is 12.3. The number of hydrogen-bond acceptors (Lipinski definition) is 2. The third kappa shape index (κ3) is 2.43. The summed E-state index contributed by atoms with van der Waals surface area (Å²) in [5, 5.41) is 7.28. The maximum atomic E-state index is 13.0. The van der Waals surface area contributed by atoms with Gasteiger partial charge in [0.1, 0.15) is 0 Å². The van der Waals surface area contributed by atoms with Gasteiger partial charge in [0.05, 0.1) is 16.9 Å². The summed E-state index contributed by atoms with van der Waals surface area (Å²) in [6.07, 6.45) is 0. The Kier molecular flexibility index (Phi) is 3.44. The van der Waals surface area contributed by atoms with Crippen LogP contribution in [-0.4, -0.2) is 9.78 Å². The topological polar surface area (TPSA) is 37.8 Å². The predicted octanol–water partition coefficient (Wildman–Crippen LogP) is 4.56. The Balaban J connectivity index is 2.00. The van der Waals surface area contributed by atoms with Crippen LogP contribution in [0.15, 0.2) is 82.3 Å². The Labute approximate surface area is 137 Å². The van der Waals surface area contributed by atoms with Gasteiger partial charge in [0.2, 0.25) is 0 Å². The molecule has 1 N–H and O–H groups in total. The molecule has 0 radical (unpaired) electrons. The van der Waals surface area contributed by atoms with Gasteiger partial charge >= 0.3 is 0 Å². The van der Waals surface area contributed by atoms with Crippen molar-refractivity contribution in [2.45, 2.75) is 0 Å². The van der Waals surface area contributed by atoms with Crippen molar-refractivity contribution in [3.8, 4) is 28.1 Å². The van der Waals surface area contributed by atoms with Gasteiger partial charge in [0.15, 0.2) is 0 Å². The Morgan fingerprint density at radius 3 is 2.17 bits per heavy atom. The number of H-pyrrole nitrogens is 1. The molecule has 2 heterocycles. The number of rotatable bonds is 3. The van der Waals surface area contributed by atoms with Crippen LogP contribution in [0.1, 0.15) is 0 Å². The van der Waals surface area contributed by atoms with Gasteiger partial charge in [-0.3, -0.25) is 9.89 Å². The quantitative estimate of drug-likeness (QED) is 0.591. The molecule has 0 aliphatic rings. The first kappa shape index (κ1) is 13.8. The fourth-order valence-electron chi connectivity index (χ4n) is 2.68.